The van der Waals surface area contributed by atoms with Gasteiger partial charge in [0.05, 0.1) is 17.9 Å². The zero-order valence-electron chi connectivity index (χ0n) is 23.7. The molecule has 0 spiro atoms. The molecule has 1 heterocycles. The van der Waals surface area contributed by atoms with Crippen LogP contribution in [0.5, 0.6) is 0 Å². The van der Waals surface area contributed by atoms with Crippen LogP contribution in [0.4, 0.5) is 18.0 Å². The number of likely N-dealkylation sites (tertiary alicyclic amines) is 1. The van der Waals surface area contributed by atoms with Crippen molar-refractivity contribution in [2.45, 2.75) is 65.0 Å². The number of alkyl halides is 3. The highest BCUT2D eigenvalue weighted by molar-refractivity contribution is 7.89. The third-order valence-electron chi connectivity index (χ3n) is 6.68. The first-order chi connectivity index (χ1) is 18.9. The highest BCUT2D eigenvalue weighted by Gasteiger charge is 2.37. The lowest BCUT2D eigenvalue weighted by atomic mass is 10.0. The molecule has 1 atom stereocenters. The van der Waals surface area contributed by atoms with Crippen molar-refractivity contribution >= 4 is 33.6 Å². The summed E-state index contributed by atoms with van der Waals surface area (Å²) in [6.07, 6.45) is -4.74. The van der Waals surface area contributed by atoms with Gasteiger partial charge in [-0.25, -0.2) is 17.5 Å². The third-order valence-corrected chi connectivity index (χ3v) is 8.61. The van der Waals surface area contributed by atoms with Gasteiger partial charge in [0.25, 0.3) is 5.91 Å². The summed E-state index contributed by atoms with van der Waals surface area (Å²) < 4.78 is 74.1. The van der Waals surface area contributed by atoms with Crippen molar-refractivity contribution in [2.75, 3.05) is 25.9 Å². The van der Waals surface area contributed by atoms with Gasteiger partial charge in [-0.05, 0) is 69.5 Å². The highest BCUT2D eigenvalue weighted by atomic mass is 35.5. The molecule has 13 heteroatoms. The summed E-state index contributed by atoms with van der Waals surface area (Å²) in [5.41, 5.74) is -1.75. The van der Waals surface area contributed by atoms with Gasteiger partial charge in [0, 0.05) is 43.3 Å². The van der Waals surface area contributed by atoms with Crippen molar-refractivity contribution in [3.8, 4) is 0 Å². The minimum Gasteiger partial charge on any atom is -0.444 e. The van der Waals surface area contributed by atoms with Crippen LogP contribution in [0, 0.1) is 0 Å². The SMILES string of the molecule is CCS(=O)(=O)N(Cc1cccc(Cl)c1)C(=O)c1ccc(CN2CCC(N(C)C(=O)OC(C)(C)C)C2)c(C(F)(F)F)c1. The molecule has 0 aliphatic carbocycles. The van der Waals surface area contributed by atoms with E-state index in [9.17, 15) is 31.2 Å². The molecule has 0 N–H and O–H groups in total. The molecule has 2 aromatic carbocycles. The Labute approximate surface area is 244 Å². The molecule has 0 radical (unpaired) electrons. The molecule has 0 bridgehead atoms. The van der Waals surface area contributed by atoms with Gasteiger partial charge in [0.2, 0.25) is 10.0 Å². The first-order valence-corrected chi connectivity index (χ1v) is 15.1. The van der Waals surface area contributed by atoms with Crippen molar-refractivity contribution in [3.63, 3.8) is 0 Å². The van der Waals surface area contributed by atoms with E-state index < -0.39 is 50.7 Å². The molecule has 3 rings (SSSR count). The van der Waals surface area contributed by atoms with Gasteiger partial charge in [-0.2, -0.15) is 13.2 Å². The largest absolute Gasteiger partial charge is 0.444 e. The average Bonchev–Trinajstić information content (AvgIpc) is 3.33. The number of carbonyl (C=O) groups is 2. The van der Waals surface area contributed by atoms with E-state index in [0.717, 1.165) is 0 Å². The van der Waals surface area contributed by atoms with Crippen molar-refractivity contribution in [3.05, 3.63) is 69.7 Å². The summed E-state index contributed by atoms with van der Waals surface area (Å²) in [7, 11) is -2.52. The second-order valence-electron chi connectivity index (χ2n) is 11.0. The number of amides is 2. The standard InChI is InChI=1S/C28H35ClF3N3O5S/c1-6-41(38,39)35(16-19-8-7-9-22(29)14-19)25(36)20-10-11-21(24(15-20)28(30,31)32)17-34-13-12-23(18-34)33(5)26(37)40-27(2,3)4/h7-11,14-15,23H,6,12-13,16-18H2,1-5H3. The van der Waals surface area contributed by atoms with Gasteiger partial charge < -0.3 is 9.64 Å². The van der Waals surface area contributed by atoms with E-state index in [-0.39, 0.29) is 24.7 Å². The molecule has 2 amide bonds. The molecule has 2 aromatic rings. The number of ether oxygens (including phenoxy) is 1. The maximum absolute atomic E-state index is 14.2. The fraction of sp³-hybridized carbons (Fsp3) is 0.500. The maximum Gasteiger partial charge on any atom is 0.416 e. The zero-order chi connectivity index (χ0) is 30.8. The number of halogens is 4. The van der Waals surface area contributed by atoms with Crippen LogP contribution in [-0.4, -0.2) is 72.1 Å². The number of sulfonamides is 1. The Hall–Kier alpha value is -2.83. The van der Waals surface area contributed by atoms with E-state index >= 15 is 0 Å². The number of hydrogen-bond acceptors (Lipinski definition) is 6. The van der Waals surface area contributed by atoms with Crippen molar-refractivity contribution in [2.24, 2.45) is 0 Å². The van der Waals surface area contributed by atoms with Crippen LogP contribution in [0.25, 0.3) is 0 Å². The lowest BCUT2D eigenvalue weighted by molar-refractivity contribution is -0.138. The lowest BCUT2D eigenvalue weighted by Gasteiger charge is -2.28. The lowest BCUT2D eigenvalue weighted by Crippen LogP contribution is -2.42. The predicted octanol–water partition coefficient (Wildman–Crippen LogP) is 5.79. The van der Waals surface area contributed by atoms with Gasteiger partial charge in [-0.3, -0.25) is 9.69 Å². The summed E-state index contributed by atoms with van der Waals surface area (Å²) >= 11 is 5.99. The van der Waals surface area contributed by atoms with Crippen LogP contribution in [0.1, 0.15) is 61.2 Å². The monoisotopic (exact) mass is 617 g/mol. The van der Waals surface area contributed by atoms with E-state index in [1.807, 2.05) is 0 Å². The summed E-state index contributed by atoms with van der Waals surface area (Å²) in [4.78, 5) is 29.0. The van der Waals surface area contributed by atoms with Crippen molar-refractivity contribution < 1.29 is 35.9 Å². The Morgan fingerprint density at radius 3 is 2.39 bits per heavy atom. The van der Waals surface area contributed by atoms with Gasteiger partial charge in [0.1, 0.15) is 5.60 Å². The number of nitrogens with zero attached hydrogens (tertiary/aromatic N) is 3. The summed E-state index contributed by atoms with van der Waals surface area (Å²) in [5, 5.41) is 0.328. The molecule has 8 nitrogen and oxygen atoms in total. The van der Waals surface area contributed by atoms with E-state index in [2.05, 4.69) is 0 Å². The molecule has 1 fully saturated rings. The summed E-state index contributed by atoms with van der Waals surface area (Å²) in [6.45, 7) is 6.96. The number of hydrogen-bond donors (Lipinski definition) is 0. The Kier molecular flexibility index (Phi) is 10.0. The molecule has 0 aromatic heterocycles. The average molecular weight is 618 g/mol. The molecule has 1 aliphatic rings. The summed E-state index contributed by atoms with van der Waals surface area (Å²) in [5.74, 6) is -1.48. The third kappa shape index (κ3) is 8.59. The Balaban J connectivity index is 1.84. The second kappa shape index (κ2) is 12.6. The number of likely N-dealkylation sites (N-methyl/N-ethyl adjacent to an activating group) is 1. The molecular formula is C28H35ClF3N3O5S. The van der Waals surface area contributed by atoms with Gasteiger partial charge in [-0.1, -0.05) is 29.8 Å². The van der Waals surface area contributed by atoms with Crippen LogP contribution in [0.2, 0.25) is 5.02 Å². The van der Waals surface area contributed by atoms with E-state index in [0.29, 0.717) is 40.5 Å². The summed E-state index contributed by atoms with van der Waals surface area (Å²) in [6, 6.07) is 9.11. The van der Waals surface area contributed by atoms with Gasteiger partial charge in [-0.15, -0.1) is 0 Å². The molecule has 226 valence electrons. The molecule has 41 heavy (non-hydrogen) atoms. The highest BCUT2D eigenvalue weighted by Crippen LogP contribution is 2.34. The number of rotatable bonds is 8. The van der Waals surface area contributed by atoms with E-state index in [4.69, 9.17) is 16.3 Å². The normalized spacial score (nSPS) is 16.5. The molecule has 1 aliphatic heterocycles. The predicted molar refractivity (Wildman–Crippen MR) is 150 cm³/mol. The van der Waals surface area contributed by atoms with Gasteiger partial charge in [0.15, 0.2) is 0 Å². The Morgan fingerprint density at radius 1 is 1.12 bits per heavy atom. The first kappa shape index (κ1) is 32.7. The fourth-order valence-electron chi connectivity index (χ4n) is 4.50. The van der Waals surface area contributed by atoms with E-state index in [1.54, 1.807) is 50.9 Å². The fourth-order valence-corrected chi connectivity index (χ4v) is 5.73. The molecule has 0 saturated carbocycles. The zero-order valence-corrected chi connectivity index (χ0v) is 25.2. The van der Waals surface area contributed by atoms with Crippen LogP contribution < -0.4 is 0 Å². The smallest absolute Gasteiger partial charge is 0.416 e. The molecule has 1 unspecified atom stereocenters. The minimum absolute atomic E-state index is 0.0608. The second-order valence-corrected chi connectivity index (χ2v) is 13.6. The van der Waals surface area contributed by atoms with Crippen LogP contribution in [0.3, 0.4) is 0 Å². The quantitative estimate of drug-likeness (QED) is 0.373. The van der Waals surface area contributed by atoms with Crippen molar-refractivity contribution in [1.82, 2.24) is 14.1 Å². The minimum atomic E-state index is -4.79. The number of carbonyl (C=O) groups excluding carboxylic acids is 2. The van der Waals surface area contributed by atoms with Crippen LogP contribution in [-0.2, 0) is 34.0 Å². The van der Waals surface area contributed by atoms with Gasteiger partial charge >= 0.3 is 12.3 Å². The van der Waals surface area contributed by atoms with Crippen LogP contribution in [0.15, 0.2) is 42.5 Å². The Morgan fingerprint density at radius 2 is 1.80 bits per heavy atom. The Bertz CT molecular complexity index is 1380. The van der Waals surface area contributed by atoms with Crippen LogP contribution >= 0.6 is 11.6 Å². The van der Waals surface area contributed by atoms with E-state index in [1.165, 1.54) is 30.0 Å². The molecule has 1 saturated heterocycles. The molecular weight excluding hydrogens is 583 g/mol. The topological polar surface area (TPSA) is 87.2 Å². The number of benzene rings is 2. The van der Waals surface area contributed by atoms with Crippen molar-refractivity contribution in [1.29, 1.82) is 0 Å². The first-order valence-electron chi connectivity index (χ1n) is 13.1. The maximum atomic E-state index is 14.2.